The second-order valence-corrected chi connectivity index (χ2v) is 4.91. The molecule has 1 unspecified atom stereocenters. The number of rotatable bonds is 5. The molecule has 1 saturated heterocycles. The third kappa shape index (κ3) is 4.65. The summed E-state index contributed by atoms with van der Waals surface area (Å²) in [6.45, 7) is 9.17. The summed E-state index contributed by atoms with van der Waals surface area (Å²) in [4.78, 5) is 7.11. The minimum atomic E-state index is 0.622. The zero-order valence-corrected chi connectivity index (χ0v) is 12.0. The highest BCUT2D eigenvalue weighted by molar-refractivity contribution is 5.93. The van der Waals surface area contributed by atoms with Gasteiger partial charge in [0, 0.05) is 18.8 Å². The molecule has 1 atom stereocenters. The Hall–Kier alpha value is -1.09. The van der Waals surface area contributed by atoms with Crippen molar-refractivity contribution < 1.29 is 0 Å². The van der Waals surface area contributed by atoms with E-state index in [0.29, 0.717) is 5.92 Å². The van der Waals surface area contributed by atoms with Gasteiger partial charge in [-0.3, -0.25) is 0 Å². The van der Waals surface area contributed by atoms with E-state index in [0.717, 1.165) is 37.6 Å². The number of hydrogen-bond donors (Lipinski definition) is 1. The lowest BCUT2D eigenvalue weighted by Gasteiger charge is -2.34. The van der Waals surface area contributed by atoms with Crippen molar-refractivity contribution in [3.05, 3.63) is 24.0 Å². The van der Waals surface area contributed by atoms with Gasteiger partial charge in [-0.15, -0.1) is 0 Å². The SMILES string of the molecule is C\C=C/C(C)=N\C(=C\CC)N1CCCC(CN)C1. The molecule has 1 fully saturated rings. The predicted molar refractivity (Wildman–Crippen MR) is 79.6 cm³/mol. The third-order valence-corrected chi connectivity index (χ3v) is 3.26. The maximum Gasteiger partial charge on any atom is 0.124 e. The van der Waals surface area contributed by atoms with E-state index in [1.54, 1.807) is 0 Å². The first-order valence-corrected chi connectivity index (χ1v) is 7.04. The molecule has 3 nitrogen and oxygen atoms in total. The fourth-order valence-corrected chi connectivity index (χ4v) is 2.35. The Morgan fingerprint density at radius 1 is 1.50 bits per heavy atom. The summed E-state index contributed by atoms with van der Waals surface area (Å²) in [6.07, 6.45) is 9.79. The molecule has 1 heterocycles. The topological polar surface area (TPSA) is 41.6 Å². The Kier molecular flexibility index (Phi) is 6.73. The van der Waals surface area contributed by atoms with Crippen LogP contribution in [-0.2, 0) is 0 Å². The number of piperidine rings is 1. The Morgan fingerprint density at radius 2 is 2.28 bits per heavy atom. The molecule has 102 valence electrons. The molecule has 1 aliphatic heterocycles. The van der Waals surface area contributed by atoms with Gasteiger partial charge in [-0.05, 0) is 57.7 Å². The van der Waals surface area contributed by atoms with Crippen molar-refractivity contribution in [3.63, 3.8) is 0 Å². The fourth-order valence-electron chi connectivity index (χ4n) is 2.35. The number of hydrogen-bond acceptors (Lipinski definition) is 3. The van der Waals surface area contributed by atoms with Gasteiger partial charge in [0.25, 0.3) is 0 Å². The molecular formula is C15H27N3. The van der Waals surface area contributed by atoms with E-state index in [4.69, 9.17) is 10.7 Å². The minimum Gasteiger partial charge on any atom is -0.357 e. The lowest BCUT2D eigenvalue weighted by molar-refractivity contribution is 0.219. The molecule has 0 aliphatic carbocycles. The fraction of sp³-hybridized carbons (Fsp3) is 0.667. The van der Waals surface area contributed by atoms with Crippen LogP contribution in [0.15, 0.2) is 29.0 Å². The lowest BCUT2D eigenvalue weighted by atomic mass is 9.98. The molecule has 0 amide bonds. The summed E-state index contributed by atoms with van der Waals surface area (Å²) >= 11 is 0. The van der Waals surface area contributed by atoms with Crippen LogP contribution >= 0.6 is 0 Å². The normalized spacial score (nSPS) is 22.9. The van der Waals surface area contributed by atoms with Crippen LogP contribution in [0.2, 0.25) is 0 Å². The maximum atomic E-state index is 5.80. The molecule has 3 heteroatoms. The van der Waals surface area contributed by atoms with Crippen LogP contribution in [0.4, 0.5) is 0 Å². The predicted octanol–water partition coefficient (Wildman–Crippen LogP) is 2.95. The van der Waals surface area contributed by atoms with Crippen molar-refractivity contribution >= 4 is 5.71 Å². The largest absolute Gasteiger partial charge is 0.357 e. The zero-order valence-electron chi connectivity index (χ0n) is 12.0. The van der Waals surface area contributed by atoms with E-state index in [9.17, 15) is 0 Å². The number of nitrogens with two attached hydrogens (primary N) is 1. The molecule has 0 aromatic rings. The Balaban J connectivity index is 2.79. The van der Waals surface area contributed by atoms with Crippen molar-refractivity contribution in [2.75, 3.05) is 19.6 Å². The monoisotopic (exact) mass is 249 g/mol. The van der Waals surface area contributed by atoms with E-state index in [1.807, 2.05) is 26.0 Å². The highest BCUT2D eigenvalue weighted by Gasteiger charge is 2.20. The highest BCUT2D eigenvalue weighted by atomic mass is 15.2. The second kappa shape index (κ2) is 8.09. The third-order valence-electron chi connectivity index (χ3n) is 3.26. The first kappa shape index (κ1) is 15.0. The summed E-state index contributed by atoms with van der Waals surface area (Å²) < 4.78 is 0. The first-order valence-electron chi connectivity index (χ1n) is 7.04. The average Bonchev–Trinajstić information content (AvgIpc) is 2.38. The average molecular weight is 249 g/mol. The zero-order chi connectivity index (χ0) is 13.4. The summed E-state index contributed by atoms with van der Waals surface area (Å²) in [6, 6.07) is 0. The van der Waals surface area contributed by atoms with Gasteiger partial charge in [0.15, 0.2) is 0 Å². The molecule has 0 spiro atoms. The molecule has 1 rings (SSSR count). The molecule has 0 aromatic carbocycles. The summed E-state index contributed by atoms with van der Waals surface area (Å²) in [5.41, 5.74) is 6.86. The summed E-state index contributed by atoms with van der Waals surface area (Å²) in [5, 5.41) is 0. The number of aliphatic imine (C=N–C) groups is 1. The van der Waals surface area contributed by atoms with Crippen LogP contribution in [0.1, 0.15) is 40.0 Å². The first-order chi connectivity index (χ1) is 8.71. The van der Waals surface area contributed by atoms with Gasteiger partial charge in [0.05, 0.1) is 0 Å². The molecular weight excluding hydrogens is 222 g/mol. The van der Waals surface area contributed by atoms with Gasteiger partial charge in [-0.25, -0.2) is 4.99 Å². The smallest absolute Gasteiger partial charge is 0.124 e. The van der Waals surface area contributed by atoms with Crippen LogP contribution in [0.3, 0.4) is 0 Å². The Bertz CT molecular complexity index is 329. The van der Waals surface area contributed by atoms with Crippen LogP contribution in [-0.4, -0.2) is 30.2 Å². The number of likely N-dealkylation sites (tertiary alicyclic amines) is 1. The van der Waals surface area contributed by atoms with Crippen LogP contribution in [0.25, 0.3) is 0 Å². The van der Waals surface area contributed by atoms with Gasteiger partial charge in [-0.1, -0.05) is 13.0 Å². The molecule has 0 radical (unpaired) electrons. The van der Waals surface area contributed by atoms with Gasteiger partial charge >= 0.3 is 0 Å². The van der Waals surface area contributed by atoms with Crippen molar-refractivity contribution in [3.8, 4) is 0 Å². The Morgan fingerprint density at radius 3 is 2.89 bits per heavy atom. The van der Waals surface area contributed by atoms with E-state index in [2.05, 4.69) is 17.9 Å². The van der Waals surface area contributed by atoms with Crippen LogP contribution in [0.5, 0.6) is 0 Å². The molecule has 1 aliphatic rings. The quantitative estimate of drug-likeness (QED) is 0.761. The molecule has 0 aromatic heterocycles. The van der Waals surface area contributed by atoms with E-state index < -0.39 is 0 Å². The standard InChI is InChI=1S/C15H27N3/c1-4-7-13(3)17-15(8-5-2)18-10-6-9-14(11-16)12-18/h4,7-8,14H,5-6,9-12,16H2,1-3H3/b7-4-,15-8-,17-13-. The van der Waals surface area contributed by atoms with Gasteiger partial charge in [-0.2, -0.15) is 0 Å². The molecule has 0 bridgehead atoms. The van der Waals surface area contributed by atoms with Crippen molar-refractivity contribution in [2.45, 2.75) is 40.0 Å². The van der Waals surface area contributed by atoms with Gasteiger partial charge in [0.2, 0.25) is 0 Å². The van der Waals surface area contributed by atoms with Crippen molar-refractivity contribution in [2.24, 2.45) is 16.6 Å². The second-order valence-electron chi connectivity index (χ2n) is 4.91. The van der Waals surface area contributed by atoms with Crippen LogP contribution in [0, 0.1) is 5.92 Å². The molecule has 0 saturated carbocycles. The van der Waals surface area contributed by atoms with Crippen molar-refractivity contribution in [1.29, 1.82) is 0 Å². The van der Waals surface area contributed by atoms with E-state index in [1.165, 1.54) is 12.8 Å². The maximum absolute atomic E-state index is 5.80. The van der Waals surface area contributed by atoms with Gasteiger partial charge in [0.1, 0.15) is 5.82 Å². The van der Waals surface area contributed by atoms with Gasteiger partial charge < -0.3 is 10.6 Å². The molecule has 2 N–H and O–H groups in total. The summed E-state index contributed by atoms with van der Waals surface area (Å²) in [5.74, 6) is 1.74. The van der Waals surface area contributed by atoms with E-state index >= 15 is 0 Å². The lowest BCUT2D eigenvalue weighted by Crippen LogP contribution is -2.37. The van der Waals surface area contributed by atoms with Crippen LogP contribution < -0.4 is 5.73 Å². The Labute approximate surface area is 111 Å². The number of allylic oxidation sites excluding steroid dienone is 3. The van der Waals surface area contributed by atoms with E-state index in [-0.39, 0.29) is 0 Å². The summed E-state index contributed by atoms with van der Waals surface area (Å²) in [7, 11) is 0. The number of nitrogens with zero attached hydrogens (tertiary/aromatic N) is 2. The highest BCUT2D eigenvalue weighted by Crippen LogP contribution is 2.20. The molecule has 18 heavy (non-hydrogen) atoms. The van der Waals surface area contributed by atoms with Crippen molar-refractivity contribution in [1.82, 2.24) is 4.90 Å². The minimum absolute atomic E-state index is 0.622.